The number of hydrogen-bond acceptors (Lipinski definition) is 7. The summed E-state index contributed by atoms with van der Waals surface area (Å²) < 4.78 is 52.1. The summed E-state index contributed by atoms with van der Waals surface area (Å²) in [6.07, 6.45) is 2.15. The van der Waals surface area contributed by atoms with Gasteiger partial charge in [-0.05, 0) is 30.2 Å². The maximum absolute atomic E-state index is 14.7. The highest BCUT2D eigenvalue weighted by Gasteiger charge is 2.21. The second-order valence-corrected chi connectivity index (χ2v) is 9.56. The van der Waals surface area contributed by atoms with Gasteiger partial charge in [0.2, 0.25) is 10.0 Å². The van der Waals surface area contributed by atoms with Crippen LogP contribution in [0.1, 0.15) is 17.0 Å². The highest BCUT2D eigenvalue weighted by Crippen LogP contribution is 2.28. The summed E-state index contributed by atoms with van der Waals surface area (Å²) in [4.78, 5) is 25.5. The van der Waals surface area contributed by atoms with Crippen LogP contribution in [-0.2, 0) is 30.8 Å². The lowest BCUT2D eigenvalue weighted by atomic mass is 10.0. The second-order valence-electron chi connectivity index (χ2n) is 7.40. The number of carbonyl (C=O) groups excluding carboxylic acids is 1. The van der Waals surface area contributed by atoms with Gasteiger partial charge in [-0.15, -0.1) is 0 Å². The first-order chi connectivity index (χ1) is 16.5. The molecule has 0 atom stereocenters. The van der Waals surface area contributed by atoms with Gasteiger partial charge in [-0.1, -0.05) is 35.9 Å². The van der Waals surface area contributed by atoms with Crippen LogP contribution < -0.4 is 10.4 Å². The first-order valence-electron chi connectivity index (χ1n) is 10.00. The average Bonchev–Trinajstić information content (AvgIpc) is 3.06. The Morgan fingerprint density at radius 2 is 1.94 bits per heavy atom. The van der Waals surface area contributed by atoms with E-state index in [-0.39, 0.29) is 34.3 Å². The highest BCUT2D eigenvalue weighted by atomic mass is 35.5. The molecule has 0 amide bonds. The molecule has 0 fully saturated rings. The Kier molecular flexibility index (Phi) is 7.66. The number of carbonyl (C=O) groups is 1. The Hall–Kier alpha value is -3.64. The van der Waals surface area contributed by atoms with Crippen molar-refractivity contribution in [3.8, 4) is 5.69 Å². The van der Waals surface area contributed by atoms with E-state index in [1.54, 1.807) is 31.2 Å². The van der Waals surface area contributed by atoms with Crippen molar-refractivity contribution in [2.24, 2.45) is 0 Å². The molecule has 0 radical (unpaired) electrons. The van der Waals surface area contributed by atoms with Gasteiger partial charge < -0.3 is 9.47 Å². The average molecular weight is 525 g/mol. The lowest BCUT2D eigenvalue weighted by Crippen LogP contribution is -2.26. The quantitative estimate of drug-likeness (QED) is 0.273. The Labute approximate surface area is 205 Å². The Balaban J connectivity index is 2.10. The fourth-order valence-corrected chi connectivity index (χ4v) is 4.17. The van der Waals surface area contributed by atoms with E-state index in [4.69, 9.17) is 21.1 Å². The number of benzene rings is 2. The molecule has 0 spiro atoms. The van der Waals surface area contributed by atoms with E-state index < -0.39 is 27.5 Å². The van der Waals surface area contributed by atoms with Crippen LogP contribution in [0.25, 0.3) is 11.3 Å². The molecule has 0 saturated heterocycles. The monoisotopic (exact) mass is 524 g/mol. The van der Waals surface area contributed by atoms with Crippen molar-refractivity contribution >= 4 is 38.9 Å². The van der Waals surface area contributed by atoms with Gasteiger partial charge in [0, 0.05) is 0 Å². The van der Waals surface area contributed by atoms with Gasteiger partial charge in [0.1, 0.15) is 17.1 Å². The van der Waals surface area contributed by atoms with E-state index in [0.29, 0.717) is 11.1 Å². The van der Waals surface area contributed by atoms with Crippen molar-refractivity contribution in [3.63, 3.8) is 0 Å². The van der Waals surface area contributed by atoms with Crippen molar-refractivity contribution in [3.05, 3.63) is 80.9 Å². The number of aromatic nitrogens is 3. The minimum absolute atomic E-state index is 0.0114. The van der Waals surface area contributed by atoms with Crippen molar-refractivity contribution in [2.45, 2.75) is 13.5 Å². The number of aryl methyl sites for hydroxylation is 1. The third-order valence-corrected chi connectivity index (χ3v) is 5.79. The molecule has 35 heavy (non-hydrogen) atoms. The maximum atomic E-state index is 14.7. The van der Waals surface area contributed by atoms with Crippen LogP contribution >= 0.6 is 11.6 Å². The Morgan fingerprint density at radius 1 is 1.26 bits per heavy atom. The number of methoxy groups -OCH3 is 2. The number of nitrogens with zero attached hydrogens (tertiary/aromatic N) is 3. The number of nitrogens with one attached hydrogen (secondary N) is 1. The number of hydrogen-bond donors (Lipinski definition) is 1. The van der Waals surface area contributed by atoms with E-state index in [1.807, 2.05) is 0 Å². The third-order valence-electron chi connectivity index (χ3n) is 4.88. The third kappa shape index (κ3) is 5.72. The van der Waals surface area contributed by atoms with Gasteiger partial charge in [0.05, 0.1) is 44.0 Å². The standard InChI is InChI=1S/C22H22ClFN4O6S/c1-13-25-28(20-10-19(26-35(4,31)32)17(23)9-18(20)24)22(30)27(13)11-14-7-5-6-8-15(14)16(12-33-2)21(29)34-3/h5-10,12,26H,11H2,1-4H3/b16-12+. The molecular weight excluding hydrogens is 503 g/mol. The zero-order valence-corrected chi connectivity index (χ0v) is 20.8. The molecule has 2 aromatic carbocycles. The molecule has 1 aromatic heterocycles. The summed E-state index contributed by atoms with van der Waals surface area (Å²) in [7, 11) is -1.09. The molecule has 1 N–H and O–H groups in total. The van der Waals surface area contributed by atoms with E-state index in [1.165, 1.54) is 25.0 Å². The van der Waals surface area contributed by atoms with E-state index in [2.05, 4.69) is 9.82 Å². The highest BCUT2D eigenvalue weighted by molar-refractivity contribution is 7.92. The van der Waals surface area contributed by atoms with Crippen molar-refractivity contribution < 1.29 is 27.1 Å². The van der Waals surface area contributed by atoms with Gasteiger partial charge >= 0.3 is 11.7 Å². The molecule has 3 rings (SSSR count). The number of esters is 1. The van der Waals surface area contributed by atoms with Crippen LogP contribution in [0.4, 0.5) is 10.1 Å². The minimum Gasteiger partial charge on any atom is -0.503 e. The molecule has 10 nitrogen and oxygen atoms in total. The summed E-state index contributed by atoms with van der Waals surface area (Å²) in [5.41, 5.74) is 0.0836. The van der Waals surface area contributed by atoms with Crippen LogP contribution in [-0.4, -0.2) is 49.2 Å². The topological polar surface area (TPSA) is 122 Å². The second kappa shape index (κ2) is 10.3. The predicted molar refractivity (Wildman–Crippen MR) is 129 cm³/mol. The maximum Gasteiger partial charge on any atom is 0.351 e. The van der Waals surface area contributed by atoms with Gasteiger partial charge in [-0.25, -0.2) is 22.4 Å². The van der Waals surface area contributed by atoms with Crippen LogP contribution in [0, 0.1) is 12.7 Å². The zero-order chi connectivity index (χ0) is 25.9. The van der Waals surface area contributed by atoms with E-state index in [0.717, 1.165) is 23.1 Å². The van der Waals surface area contributed by atoms with Gasteiger partial charge in [-0.3, -0.25) is 9.29 Å². The molecule has 0 aliphatic heterocycles. The first kappa shape index (κ1) is 26.0. The lowest BCUT2D eigenvalue weighted by molar-refractivity contribution is -0.133. The summed E-state index contributed by atoms with van der Waals surface area (Å²) in [6.45, 7) is 1.54. The molecule has 1 heterocycles. The minimum atomic E-state index is -3.72. The van der Waals surface area contributed by atoms with Crippen molar-refractivity contribution in [1.29, 1.82) is 0 Å². The summed E-state index contributed by atoms with van der Waals surface area (Å²) >= 11 is 5.96. The van der Waals surface area contributed by atoms with Crippen molar-refractivity contribution in [1.82, 2.24) is 14.3 Å². The smallest absolute Gasteiger partial charge is 0.351 e. The predicted octanol–water partition coefficient (Wildman–Crippen LogP) is 2.72. The molecule has 186 valence electrons. The molecule has 0 aliphatic rings. The normalized spacial score (nSPS) is 11.9. The van der Waals surface area contributed by atoms with Gasteiger partial charge in [-0.2, -0.15) is 9.78 Å². The van der Waals surface area contributed by atoms with Crippen LogP contribution in [0.2, 0.25) is 5.02 Å². The number of anilines is 1. The van der Waals surface area contributed by atoms with Gasteiger partial charge in [0.25, 0.3) is 0 Å². The molecule has 0 saturated carbocycles. The first-order valence-corrected chi connectivity index (χ1v) is 12.3. The number of sulfonamides is 1. The summed E-state index contributed by atoms with van der Waals surface area (Å²) in [6, 6.07) is 8.79. The van der Waals surface area contributed by atoms with Crippen LogP contribution in [0.15, 0.2) is 47.5 Å². The molecule has 0 unspecified atom stereocenters. The molecule has 3 aromatic rings. The lowest BCUT2D eigenvalue weighted by Gasteiger charge is -2.12. The molecule has 0 aliphatic carbocycles. The molecular formula is C22H22ClFN4O6S. The molecule has 0 bridgehead atoms. The number of ether oxygens (including phenoxy) is 2. The Bertz CT molecular complexity index is 1480. The van der Waals surface area contributed by atoms with Gasteiger partial charge in [0.15, 0.2) is 5.82 Å². The van der Waals surface area contributed by atoms with Crippen LogP contribution in [0.5, 0.6) is 0 Å². The van der Waals surface area contributed by atoms with Crippen molar-refractivity contribution in [2.75, 3.05) is 25.2 Å². The summed E-state index contributed by atoms with van der Waals surface area (Å²) in [5, 5.41) is 3.96. The molecule has 13 heteroatoms. The van der Waals surface area contributed by atoms with E-state index >= 15 is 0 Å². The Morgan fingerprint density at radius 3 is 2.57 bits per heavy atom. The van der Waals surface area contributed by atoms with E-state index in [9.17, 15) is 22.4 Å². The zero-order valence-electron chi connectivity index (χ0n) is 19.2. The number of halogens is 2. The summed E-state index contributed by atoms with van der Waals surface area (Å²) in [5.74, 6) is -1.27. The largest absolute Gasteiger partial charge is 0.503 e. The fraction of sp³-hybridized carbons (Fsp3) is 0.227. The number of rotatable bonds is 8. The van der Waals surface area contributed by atoms with Crippen LogP contribution in [0.3, 0.4) is 0 Å². The SMILES string of the molecule is CO/C=C(/C(=O)OC)c1ccccc1Cn1c(C)nn(-c2cc(NS(C)(=O)=O)c(Cl)cc2F)c1=O. The fourth-order valence-electron chi connectivity index (χ4n) is 3.35.